The topological polar surface area (TPSA) is 86.2 Å². The van der Waals surface area contributed by atoms with E-state index < -0.39 is 0 Å². The van der Waals surface area contributed by atoms with Gasteiger partial charge in [0.2, 0.25) is 0 Å². The summed E-state index contributed by atoms with van der Waals surface area (Å²) in [6.45, 7) is 2.94. The molecule has 2 aliphatic rings. The third-order valence-electron chi connectivity index (χ3n) is 3.78. The molecule has 6 nitrogen and oxygen atoms in total. The number of nitrogens with zero attached hydrogens (tertiary/aromatic N) is 1. The second-order valence-corrected chi connectivity index (χ2v) is 6.32. The van der Waals surface area contributed by atoms with Gasteiger partial charge in [-0.2, -0.15) is 5.26 Å². The third-order valence-corrected chi connectivity index (χ3v) is 4.93. The molecule has 3 rings (SSSR count). The van der Waals surface area contributed by atoms with Crippen LogP contribution >= 0.6 is 11.3 Å². The van der Waals surface area contributed by atoms with Gasteiger partial charge < -0.3 is 15.4 Å². The molecule has 0 aliphatic carbocycles. The van der Waals surface area contributed by atoms with Crippen LogP contribution in [-0.2, 0) is 17.7 Å². The normalized spacial score (nSPS) is 20.6. The SMILES string of the molecule is N#Cc1c(NC(=O)NC[C@H]2CCCO2)sc2c1CCNC2. The number of anilines is 1. The van der Waals surface area contributed by atoms with E-state index in [1.54, 1.807) is 0 Å². The Kier molecular flexibility index (Phi) is 4.39. The number of thiophene rings is 1. The fourth-order valence-electron chi connectivity index (χ4n) is 2.70. The van der Waals surface area contributed by atoms with Crippen molar-refractivity contribution in [2.24, 2.45) is 0 Å². The van der Waals surface area contributed by atoms with Crippen LogP contribution in [0, 0.1) is 11.3 Å². The lowest BCUT2D eigenvalue weighted by molar-refractivity contribution is 0.112. The predicted molar refractivity (Wildman–Crippen MR) is 80.4 cm³/mol. The first-order chi connectivity index (χ1) is 10.3. The van der Waals surface area contributed by atoms with Gasteiger partial charge in [-0.3, -0.25) is 5.32 Å². The Hall–Kier alpha value is -1.62. The highest BCUT2D eigenvalue weighted by Crippen LogP contribution is 2.34. The zero-order chi connectivity index (χ0) is 14.7. The Balaban J connectivity index is 1.62. The van der Waals surface area contributed by atoms with Gasteiger partial charge >= 0.3 is 6.03 Å². The number of carbonyl (C=O) groups excluding carboxylic acids is 1. The van der Waals surface area contributed by atoms with Crippen LogP contribution in [0.5, 0.6) is 0 Å². The van der Waals surface area contributed by atoms with Crippen LogP contribution in [0.2, 0.25) is 0 Å². The summed E-state index contributed by atoms with van der Waals surface area (Å²) in [5.41, 5.74) is 1.69. The van der Waals surface area contributed by atoms with Crippen LogP contribution in [0.1, 0.15) is 28.8 Å². The lowest BCUT2D eigenvalue weighted by Crippen LogP contribution is -2.35. The van der Waals surface area contributed by atoms with Crippen molar-refractivity contribution in [2.75, 3.05) is 25.0 Å². The summed E-state index contributed by atoms with van der Waals surface area (Å²) in [4.78, 5) is 13.1. The van der Waals surface area contributed by atoms with Gasteiger partial charge in [0.1, 0.15) is 11.1 Å². The summed E-state index contributed by atoms with van der Waals surface area (Å²) in [5, 5.41) is 18.9. The summed E-state index contributed by atoms with van der Waals surface area (Å²) < 4.78 is 5.46. The molecule has 0 radical (unpaired) electrons. The van der Waals surface area contributed by atoms with Crippen LogP contribution in [0.15, 0.2) is 0 Å². The molecule has 0 saturated carbocycles. The van der Waals surface area contributed by atoms with E-state index >= 15 is 0 Å². The van der Waals surface area contributed by atoms with Crippen molar-refractivity contribution in [2.45, 2.75) is 31.9 Å². The third kappa shape index (κ3) is 3.18. The van der Waals surface area contributed by atoms with Gasteiger partial charge in [0.25, 0.3) is 0 Å². The average Bonchev–Trinajstić information content (AvgIpc) is 3.12. The Labute approximate surface area is 127 Å². The smallest absolute Gasteiger partial charge is 0.319 e. The summed E-state index contributed by atoms with van der Waals surface area (Å²) in [6, 6.07) is 1.95. The highest BCUT2D eigenvalue weighted by atomic mass is 32.1. The molecular formula is C14H18N4O2S. The number of fused-ring (bicyclic) bond motifs is 1. The number of hydrogen-bond acceptors (Lipinski definition) is 5. The van der Waals surface area contributed by atoms with Gasteiger partial charge in [-0.25, -0.2) is 4.79 Å². The molecule has 0 bridgehead atoms. The molecule has 1 aromatic rings. The molecule has 0 spiro atoms. The highest BCUT2D eigenvalue weighted by Gasteiger charge is 2.22. The number of ether oxygens (including phenoxy) is 1. The molecule has 0 aromatic carbocycles. The summed E-state index contributed by atoms with van der Waals surface area (Å²) >= 11 is 1.48. The molecule has 2 amide bonds. The zero-order valence-electron chi connectivity index (χ0n) is 11.7. The summed E-state index contributed by atoms with van der Waals surface area (Å²) in [7, 11) is 0. The van der Waals surface area contributed by atoms with Crippen LogP contribution in [-0.4, -0.2) is 31.8 Å². The minimum Gasteiger partial charge on any atom is -0.376 e. The van der Waals surface area contributed by atoms with Crippen LogP contribution in [0.3, 0.4) is 0 Å². The highest BCUT2D eigenvalue weighted by molar-refractivity contribution is 7.16. The fraction of sp³-hybridized carbons (Fsp3) is 0.571. The molecule has 1 aromatic heterocycles. The Bertz CT molecular complexity index is 572. The molecule has 21 heavy (non-hydrogen) atoms. The van der Waals surface area contributed by atoms with Crippen molar-refractivity contribution < 1.29 is 9.53 Å². The lowest BCUT2D eigenvalue weighted by atomic mass is 10.1. The molecule has 7 heteroatoms. The second-order valence-electron chi connectivity index (χ2n) is 5.22. The quantitative estimate of drug-likeness (QED) is 0.791. The van der Waals surface area contributed by atoms with Gasteiger partial charge in [-0.05, 0) is 31.4 Å². The van der Waals surface area contributed by atoms with Gasteiger partial charge in [0.05, 0.1) is 11.7 Å². The molecular weight excluding hydrogens is 288 g/mol. The van der Waals surface area contributed by atoms with E-state index in [-0.39, 0.29) is 12.1 Å². The van der Waals surface area contributed by atoms with Crippen molar-refractivity contribution in [3.8, 4) is 6.07 Å². The van der Waals surface area contributed by atoms with Gasteiger partial charge in [0, 0.05) is 24.6 Å². The van der Waals surface area contributed by atoms with Crippen molar-refractivity contribution in [1.29, 1.82) is 5.26 Å². The zero-order valence-corrected chi connectivity index (χ0v) is 12.5. The van der Waals surface area contributed by atoms with E-state index in [1.807, 2.05) is 0 Å². The standard InChI is InChI=1S/C14H18N4O2S/c15-6-11-10-3-4-16-8-12(10)21-13(11)18-14(19)17-7-9-2-1-5-20-9/h9,16H,1-5,7-8H2,(H2,17,18,19)/t9-/m1/s1. The second kappa shape index (κ2) is 6.43. The molecule has 1 saturated heterocycles. The van der Waals surface area contributed by atoms with E-state index in [1.165, 1.54) is 11.3 Å². The largest absolute Gasteiger partial charge is 0.376 e. The lowest BCUT2D eigenvalue weighted by Gasteiger charge is -2.12. The minimum absolute atomic E-state index is 0.118. The van der Waals surface area contributed by atoms with Gasteiger partial charge in [-0.15, -0.1) is 11.3 Å². The van der Waals surface area contributed by atoms with Gasteiger partial charge in [-0.1, -0.05) is 0 Å². The van der Waals surface area contributed by atoms with Crippen LogP contribution in [0.25, 0.3) is 0 Å². The van der Waals surface area contributed by atoms with E-state index in [2.05, 4.69) is 22.0 Å². The number of amides is 2. The first kappa shape index (κ1) is 14.3. The van der Waals surface area contributed by atoms with Crippen molar-refractivity contribution in [1.82, 2.24) is 10.6 Å². The first-order valence-corrected chi connectivity index (χ1v) is 8.01. The number of nitrogens with one attached hydrogen (secondary N) is 3. The summed E-state index contributed by atoms with van der Waals surface area (Å²) in [6.07, 6.45) is 3.00. The Morgan fingerprint density at radius 3 is 3.24 bits per heavy atom. The Morgan fingerprint density at radius 2 is 2.48 bits per heavy atom. The monoisotopic (exact) mass is 306 g/mol. The van der Waals surface area contributed by atoms with E-state index in [9.17, 15) is 10.1 Å². The summed E-state index contributed by atoms with van der Waals surface area (Å²) in [5.74, 6) is 0. The molecule has 0 unspecified atom stereocenters. The number of hydrogen-bond donors (Lipinski definition) is 3. The molecule has 3 heterocycles. The minimum atomic E-state index is -0.270. The number of rotatable bonds is 3. The fourth-order valence-corrected chi connectivity index (χ4v) is 3.86. The molecule has 112 valence electrons. The average molecular weight is 306 g/mol. The van der Waals surface area contributed by atoms with Crippen molar-refractivity contribution >= 4 is 22.4 Å². The molecule has 2 aliphatic heterocycles. The maximum atomic E-state index is 12.0. The molecule has 3 N–H and O–H groups in total. The Morgan fingerprint density at radius 1 is 1.57 bits per heavy atom. The number of urea groups is 1. The maximum Gasteiger partial charge on any atom is 0.319 e. The van der Waals surface area contributed by atoms with E-state index in [4.69, 9.17) is 4.74 Å². The number of carbonyl (C=O) groups is 1. The van der Waals surface area contributed by atoms with Crippen LogP contribution < -0.4 is 16.0 Å². The molecule has 1 atom stereocenters. The first-order valence-electron chi connectivity index (χ1n) is 7.19. The van der Waals surface area contributed by atoms with E-state index in [0.29, 0.717) is 17.1 Å². The number of nitriles is 1. The van der Waals surface area contributed by atoms with E-state index in [0.717, 1.165) is 49.4 Å². The molecule has 1 fully saturated rings. The van der Waals surface area contributed by atoms with Crippen LogP contribution in [0.4, 0.5) is 9.80 Å². The maximum absolute atomic E-state index is 12.0. The van der Waals surface area contributed by atoms with Crippen molar-refractivity contribution in [3.05, 3.63) is 16.0 Å². The van der Waals surface area contributed by atoms with Gasteiger partial charge in [0.15, 0.2) is 0 Å². The predicted octanol–water partition coefficient (Wildman–Crippen LogP) is 1.57. The van der Waals surface area contributed by atoms with Crippen molar-refractivity contribution in [3.63, 3.8) is 0 Å².